The van der Waals surface area contributed by atoms with Crippen LogP contribution in [0.4, 0.5) is 0 Å². The highest BCUT2D eigenvalue weighted by Gasteiger charge is 2.37. The molecule has 1 saturated heterocycles. The first-order chi connectivity index (χ1) is 9.42. The van der Waals surface area contributed by atoms with Crippen LogP contribution in [0, 0.1) is 0 Å². The van der Waals surface area contributed by atoms with Gasteiger partial charge in [-0.3, -0.25) is 4.79 Å². The van der Waals surface area contributed by atoms with Crippen molar-refractivity contribution in [2.24, 2.45) is 0 Å². The van der Waals surface area contributed by atoms with E-state index in [-0.39, 0.29) is 11.7 Å². The van der Waals surface area contributed by atoms with Crippen molar-refractivity contribution in [3.05, 3.63) is 35.9 Å². The second-order valence-corrected chi connectivity index (χ2v) is 7.28. The predicted molar refractivity (Wildman–Crippen MR) is 77.7 cm³/mol. The van der Waals surface area contributed by atoms with E-state index in [0.29, 0.717) is 19.4 Å². The summed E-state index contributed by atoms with van der Waals surface area (Å²) in [6.07, 6.45) is 1.03. The number of hydrogen-bond acceptors (Lipinski definition) is 3. The Morgan fingerprint density at radius 1 is 1.30 bits per heavy atom. The number of hydrogen-bond donors (Lipinski definition) is 0. The van der Waals surface area contributed by atoms with Crippen molar-refractivity contribution in [3.63, 3.8) is 0 Å². The highest BCUT2D eigenvalue weighted by molar-refractivity contribution is 7.89. The molecule has 1 amide bonds. The van der Waals surface area contributed by atoms with Gasteiger partial charge in [0, 0.05) is 20.6 Å². The van der Waals surface area contributed by atoms with E-state index in [9.17, 15) is 13.2 Å². The van der Waals surface area contributed by atoms with Crippen LogP contribution in [-0.4, -0.2) is 56.0 Å². The summed E-state index contributed by atoms with van der Waals surface area (Å²) in [7, 11) is -0.209. The maximum atomic E-state index is 12.3. The Bertz CT molecular complexity index is 571. The second-order valence-electron chi connectivity index (χ2n) is 5.13. The molecule has 1 unspecified atom stereocenters. The molecular weight excluding hydrogens is 276 g/mol. The molecule has 110 valence electrons. The summed E-state index contributed by atoms with van der Waals surface area (Å²) >= 11 is 0. The molecule has 20 heavy (non-hydrogen) atoms. The van der Waals surface area contributed by atoms with Crippen LogP contribution < -0.4 is 0 Å². The van der Waals surface area contributed by atoms with E-state index < -0.39 is 16.1 Å². The van der Waals surface area contributed by atoms with Crippen molar-refractivity contribution in [3.8, 4) is 0 Å². The van der Waals surface area contributed by atoms with Crippen molar-refractivity contribution in [1.82, 2.24) is 9.21 Å². The second kappa shape index (κ2) is 5.93. The molecular formula is C14H20N2O3S. The summed E-state index contributed by atoms with van der Waals surface area (Å²) in [4.78, 5) is 13.5. The summed E-state index contributed by atoms with van der Waals surface area (Å²) < 4.78 is 25.8. The molecule has 0 aliphatic carbocycles. The molecule has 0 N–H and O–H groups in total. The van der Waals surface area contributed by atoms with Gasteiger partial charge in [-0.1, -0.05) is 30.3 Å². The molecule has 6 heteroatoms. The number of benzene rings is 1. The Kier molecular flexibility index (Phi) is 4.45. The zero-order chi connectivity index (χ0) is 14.8. The number of likely N-dealkylation sites (tertiary alicyclic amines) is 1. The SMILES string of the molecule is CN1CCC(N(C)S(=O)(=O)CCc2ccccc2)C1=O. The Balaban J connectivity index is 2.01. The van der Waals surface area contributed by atoms with Crippen LogP contribution in [-0.2, 0) is 21.2 Å². The van der Waals surface area contributed by atoms with Gasteiger partial charge >= 0.3 is 0 Å². The summed E-state index contributed by atoms with van der Waals surface area (Å²) in [6.45, 7) is 0.613. The fourth-order valence-electron chi connectivity index (χ4n) is 2.37. The van der Waals surface area contributed by atoms with Crippen LogP contribution in [0.1, 0.15) is 12.0 Å². The van der Waals surface area contributed by atoms with Crippen molar-refractivity contribution in [2.45, 2.75) is 18.9 Å². The minimum absolute atomic E-state index is 0.0288. The predicted octanol–water partition coefficient (Wildman–Crippen LogP) is 0.721. The summed E-state index contributed by atoms with van der Waals surface area (Å²) in [5.74, 6) is -0.0862. The van der Waals surface area contributed by atoms with Crippen molar-refractivity contribution >= 4 is 15.9 Å². The molecule has 2 rings (SSSR count). The average Bonchev–Trinajstić information content (AvgIpc) is 2.77. The van der Waals surface area contributed by atoms with Crippen LogP contribution in [0.5, 0.6) is 0 Å². The molecule has 0 saturated carbocycles. The third kappa shape index (κ3) is 3.19. The van der Waals surface area contributed by atoms with Crippen LogP contribution in [0.3, 0.4) is 0 Å². The summed E-state index contributed by atoms with van der Waals surface area (Å²) in [5.41, 5.74) is 0.986. The number of sulfonamides is 1. The van der Waals surface area contributed by atoms with E-state index in [1.165, 1.54) is 11.4 Å². The lowest BCUT2D eigenvalue weighted by atomic mass is 10.2. The van der Waals surface area contributed by atoms with Gasteiger partial charge in [0.2, 0.25) is 15.9 Å². The van der Waals surface area contributed by atoms with Gasteiger partial charge in [-0.2, -0.15) is 4.31 Å². The van der Waals surface area contributed by atoms with Crippen LogP contribution in [0.2, 0.25) is 0 Å². The van der Waals surface area contributed by atoms with E-state index >= 15 is 0 Å². The minimum atomic E-state index is -3.41. The smallest absolute Gasteiger partial charge is 0.240 e. The lowest BCUT2D eigenvalue weighted by molar-refractivity contribution is -0.129. The van der Waals surface area contributed by atoms with Gasteiger partial charge in [0.25, 0.3) is 0 Å². The first-order valence-corrected chi connectivity index (χ1v) is 8.27. The van der Waals surface area contributed by atoms with E-state index in [4.69, 9.17) is 0 Å². The van der Waals surface area contributed by atoms with Crippen molar-refractivity contribution in [2.75, 3.05) is 26.4 Å². The third-order valence-corrected chi connectivity index (χ3v) is 5.62. The number of nitrogens with zero attached hydrogens (tertiary/aromatic N) is 2. The average molecular weight is 296 g/mol. The molecule has 1 heterocycles. The fraction of sp³-hybridized carbons (Fsp3) is 0.500. The molecule has 1 aliphatic heterocycles. The molecule has 1 aromatic rings. The van der Waals surface area contributed by atoms with Gasteiger partial charge in [0.15, 0.2) is 0 Å². The zero-order valence-electron chi connectivity index (χ0n) is 11.8. The molecule has 0 aromatic heterocycles. The monoisotopic (exact) mass is 296 g/mol. The lowest BCUT2D eigenvalue weighted by Crippen LogP contribution is -2.43. The van der Waals surface area contributed by atoms with Gasteiger partial charge in [-0.25, -0.2) is 8.42 Å². The van der Waals surface area contributed by atoms with Crippen molar-refractivity contribution < 1.29 is 13.2 Å². The number of rotatable bonds is 5. The Labute approximate surface area is 120 Å². The standard InChI is InChI=1S/C14H20N2O3S/c1-15-10-8-13(14(15)17)16(2)20(18,19)11-9-12-6-4-3-5-7-12/h3-7,13H,8-11H2,1-2H3. The summed E-state index contributed by atoms with van der Waals surface area (Å²) in [5, 5.41) is 0. The number of amides is 1. The van der Waals surface area contributed by atoms with Crippen LogP contribution >= 0.6 is 0 Å². The maximum absolute atomic E-state index is 12.3. The van der Waals surface area contributed by atoms with Gasteiger partial charge < -0.3 is 4.90 Å². The number of carbonyl (C=O) groups is 1. The molecule has 1 fully saturated rings. The number of likely N-dealkylation sites (N-methyl/N-ethyl adjacent to an activating group) is 2. The molecule has 0 spiro atoms. The minimum Gasteiger partial charge on any atom is -0.344 e. The first kappa shape index (κ1) is 15.0. The van der Waals surface area contributed by atoms with E-state index in [1.807, 2.05) is 30.3 Å². The highest BCUT2D eigenvalue weighted by atomic mass is 32.2. The van der Waals surface area contributed by atoms with E-state index in [2.05, 4.69) is 0 Å². The van der Waals surface area contributed by atoms with E-state index in [0.717, 1.165) is 5.56 Å². The Morgan fingerprint density at radius 3 is 2.50 bits per heavy atom. The third-order valence-electron chi connectivity index (χ3n) is 3.77. The topological polar surface area (TPSA) is 57.7 Å². The molecule has 0 radical (unpaired) electrons. The van der Waals surface area contributed by atoms with Gasteiger partial charge in [0.05, 0.1) is 5.75 Å². The van der Waals surface area contributed by atoms with Gasteiger partial charge in [0.1, 0.15) is 6.04 Å². The van der Waals surface area contributed by atoms with Crippen LogP contribution in [0.15, 0.2) is 30.3 Å². The van der Waals surface area contributed by atoms with Gasteiger partial charge in [-0.05, 0) is 18.4 Å². The molecule has 1 aliphatic rings. The highest BCUT2D eigenvalue weighted by Crippen LogP contribution is 2.18. The normalized spacial score (nSPS) is 19.9. The van der Waals surface area contributed by atoms with Gasteiger partial charge in [-0.15, -0.1) is 0 Å². The fourth-order valence-corrected chi connectivity index (χ4v) is 3.74. The maximum Gasteiger partial charge on any atom is 0.240 e. The molecule has 5 nitrogen and oxygen atoms in total. The van der Waals surface area contributed by atoms with Crippen LogP contribution in [0.25, 0.3) is 0 Å². The first-order valence-electron chi connectivity index (χ1n) is 6.66. The van der Waals surface area contributed by atoms with E-state index in [1.54, 1.807) is 11.9 Å². The summed E-state index contributed by atoms with van der Waals surface area (Å²) in [6, 6.07) is 8.95. The lowest BCUT2D eigenvalue weighted by Gasteiger charge is -2.22. The molecule has 1 aromatic carbocycles. The quantitative estimate of drug-likeness (QED) is 0.804. The Morgan fingerprint density at radius 2 is 1.95 bits per heavy atom. The molecule has 1 atom stereocenters. The molecule has 0 bridgehead atoms. The number of carbonyl (C=O) groups excluding carboxylic acids is 1. The number of aryl methyl sites for hydroxylation is 1. The Hall–Kier alpha value is -1.40. The largest absolute Gasteiger partial charge is 0.344 e. The zero-order valence-corrected chi connectivity index (χ0v) is 12.6. The van der Waals surface area contributed by atoms with Crippen molar-refractivity contribution in [1.29, 1.82) is 0 Å².